The van der Waals surface area contributed by atoms with Gasteiger partial charge in [0.2, 0.25) is 5.91 Å². The Morgan fingerprint density at radius 1 is 0.909 bits per heavy atom. The molecular weight excluding hydrogens is 416 g/mol. The highest BCUT2D eigenvalue weighted by molar-refractivity contribution is 6.36. The number of hydrogen-bond donors (Lipinski definition) is 2. The lowest BCUT2D eigenvalue weighted by Gasteiger charge is -2.21. The Morgan fingerprint density at radius 3 is 2.00 bits per heavy atom. The first-order valence-electron chi connectivity index (χ1n) is 11.4. The fraction of sp³-hybridized carbons (Fsp3) is 0.346. The quantitative estimate of drug-likeness (QED) is 0.558. The molecule has 1 heterocycles. The number of amides is 3. The van der Waals surface area contributed by atoms with Gasteiger partial charge in [0, 0.05) is 43.6 Å². The lowest BCUT2D eigenvalue weighted by molar-refractivity contribution is -0.137. The van der Waals surface area contributed by atoms with Crippen molar-refractivity contribution < 1.29 is 14.4 Å². The normalized spacial score (nSPS) is 13.7. The van der Waals surface area contributed by atoms with E-state index in [-0.39, 0.29) is 29.3 Å². The zero-order chi connectivity index (χ0) is 24.1. The number of carbonyl (C=O) groups is 3. The zero-order valence-electron chi connectivity index (χ0n) is 19.9. The molecule has 0 aromatic heterocycles. The standard InChI is InChI=1S/C26H32N4O3/c1-6-29(7-2)22-14-12-21(13-15-22)28-24-23(25(32)30(26(24)33)16-17(3)4)19-8-10-20(11-9-19)27-18(5)31/h8-15,17,28H,6-7,16H2,1-5H3,(H,27,31). The number of hydrogen-bond acceptors (Lipinski definition) is 5. The molecule has 0 saturated carbocycles. The fourth-order valence-electron chi connectivity index (χ4n) is 3.90. The summed E-state index contributed by atoms with van der Waals surface area (Å²) in [4.78, 5) is 41.4. The molecule has 0 bridgehead atoms. The summed E-state index contributed by atoms with van der Waals surface area (Å²) in [5.41, 5.74) is 3.69. The monoisotopic (exact) mass is 448 g/mol. The highest BCUT2D eigenvalue weighted by Crippen LogP contribution is 2.32. The molecule has 2 aromatic carbocycles. The molecule has 1 aliphatic rings. The number of carbonyl (C=O) groups excluding carboxylic acids is 3. The summed E-state index contributed by atoms with van der Waals surface area (Å²) in [7, 11) is 0. The second kappa shape index (κ2) is 10.3. The Kier molecular flexibility index (Phi) is 7.53. The number of anilines is 3. The van der Waals surface area contributed by atoms with Crippen LogP contribution in [-0.4, -0.2) is 42.3 Å². The van der Waals surface area contributed by atoms with Crippen molar-refractivity contribution in [2.75, 3.05) is 35.2 Å². The predicted octanol–water partition coefficient (Wildman–Crippen LogP) is 4.34. The Bertz CT molecular complexity index is 1050. The Hall–Kier alpha value is -3.61. The first-order valence-corrected chi connectivity index (χ1v) is 11.4. The van der Waals surface area contributed by atoms with E-state index in [1.807, 2.05) is 38.1 Å². The average Bonchev–Trinajstić information content (AvgIpc) is 3.00. The maximum atomic E-state index is 13.3. The molecule has 0 atom stereocenters. The minimum atomic E-state index is -0.331. The molecule has 0 aliphatic carbocycles. The molecule has 3 rings (SSSR count). The first-order chi connectivity index (χ1) is 15.7. The van der Waals surface area contributed by atoms with E-state index in [0.29, 0.717) is 23.4 Å². The molecule has 7 nitrogen and oxygen atoms in total. The molecule has 2 aromatic rings. The van der Waals surface area contributed by atoms with Gasteiger partial charge in [-0.3, -0.25) is 19.3 Å². The molecule has 2 N–H and O–H groups in total. The minimum absolute atomic E-state index is 0.147. The van der Waals surface area contributed by atoms with Crippen LogP contribution < -0.4 is 15.5 Å². The summed E-state index contributed by atoms with van der Waals surface area (Å²) in [6.45, 7) is 11.8. The number of imide groups is 1. The van der Waals surface area contributed by atoms with Crippen LogP contribution in [0.2, 0.25) is 0 Å². The highest BCUT2D eigenvalue weighted by atomic mass is 16.2. The van der Waals surface area contributed by atoms with E-state index in [1.165, 1.54) is 11.8 Å². The topological polar surface area (TPSA) is 81.8 Å². The van der Waals surface area contributed by atoms with Gasteiger partial charge in [-0.1, -0.05) is 26.0 Å². The Labute approximate surface area is 195 Å². The van der Waals surface area contributed by atoms with Crippen molar-refractivity contribution in [2.24, 2.45) is 5.92 Å². The van der Waals surface area contributed by atoms with Gasteiger partial charge in [-0.05, 0) is 61.7 Å². The predicted molar refractivity (Wildman–Crippen MR) is 133 cm³/mol. The van der Waals surface area contributed by atoms with E-state index in [0.717, 1.165) is 24.5 Å². The summed E-state index contributed by atoms with van der Waals surface area (Å²) in [6.07, 6.45) is 0. The smallest absolute Gasteiger partial charge is 0.278 e. The van der Waals surface area contributed by atoms with Gasteiger partial charge in [-0.2, -0.15) is 0 Å². The van der Waals surface area contributed by atoms with Crippen LogP contribution in [0.1, 0.15) is 40.2 Å². The molecule has 0 spiro atoms. The van der Waals surface area contributed by atoms with Gasteiger partial charge in [-0.15, -0.1) is 0 Å². The number of benzene rings is 2. The van der Waals surface area contributed by atoms with Gasteiger partial charge in [0.1, 0.15) is 5.70 Å². The molecule has 0 fully saturated rings. The van der Waals surface area contributed by atoms with Gasteiger partial charge in [0.25, 0.3) is 11.8 Å². The SMILES string of the molecule is CCN(CC)c1ccc(NC2=C(c3ccc(NC(C)=O)cc3)C(=O)N(CC(C)C)C2=O)cc1. The van der Waals surface area contributed by atoms with Crippen LogP contribution >= 0.6 is 0 Å². The molecule has 3 amide bonds. The summed E-state index contributed by atoms with van der Waals surface area (Å²) in [5.74, 6) is -0.674. The van der Waals surface area contributed by atoms with E-state index >= 15 is 0 Å². The molecule has 174 valence electrons. The van der Waals surface area contributed by atoms with Gasteiger partial charge in [0.15, 0.2) is 0 Å². The fourth-order valence-corrected chi connectivity index (χ4v) is 3.90. The average molecular weight is 449 g/mol. The maximum Gasteiger partial charge on any atom is 0.278 e. The second-order valence-corrected chi connectivity index (χ2v) is 8.47. The molecule has 0 saturated heterocycles. The van der Waals surface area contributed by atoms with E-state index < -0.39 is 0 Å². The van der Waals surface area contributed by atoms with Crippen LogP contribution in [0.25, 0.3) is 5.57 Å². The number of nitrogens with zero attached hydrogens (tertiary/aromatic N) is 2. The summed E-state index contributed by atoms with van der Waals surface area (Å²) in [5, 5.41) is 5.92. The molecule has 7 heteroatoms. The molecule has 33 heavy (non-hydrogen) atoms. The summed E-state index contributed by atoms with van der Waals surface area (Å²) >= 11 is 0. The third kappa shape index (κ3) is 5.42. The Balaban J connectivity index is 1.97. The number of rotatable bonds is 9. The van der Waals surface area contributed by atoms with Crippen molar-refractivity contribution in [3.05, 3.63) is 59.8 Å². The van der Waals surface area contributed by atoms with Crippen molar-refractivity contribution in [1.29, 1.82) is 0 Å². The van der Waals surface area contributed by atoms with Gasteiger partial charge < -0.3 is 15.5 Å². The van der Waals surface area contributed by atoms with Gasteiger partial charge in [0.05, 0.1) is 5.57 Å². The summed E-state index contributed by atoms with van der Waals surface area (Å²) < 4.78 is 0. The minimum Gasteiger partial charge on any atom is -0.372 e. The van der Waals surface area contributed by atoms with Crippen LogP contribution in [0.5, 0.6) is 0 Å². The lowest BCUT2D eigenvalue weighted by Crippen LogP contribution is -2.35. The van der Waals surface area contributed by atoms with Crippen LogP contribution in [0.4, 0.5) is 17.1 Å². The maximum absolute atomic E-state index is 13.3. The number of nitrogens with one attached hydrogen (secondary N) is 2. The van der Waals surface area contributed by atoms with Gasteiger partial charge >= 0.3 is 0 Å². The highest BCUT2D eigenvalue weighted by Gasteiger charge is 2.39. The zero-order valence-corrected chi connectivity index (χ0v) is 19.9. The van der Waals surface area contributed by atoms with Crippen LogP contribution in [0, 0.1) is 5.92 Å². The van der Waals surface area contributed by atoms with Crippen molar-refractivity contribution in [3.63, 3.8) is 0 Å². The largest absolute Gasteiger partial charge is 0.372 e. The van der Waals surface area contributed by atoms with E-state index in [2.05, 4.69) is 29.4 Å². The first kappa shape index (κ1) is 24.0. The molecule has 0 radical (unpaired) electrons. The van der Waals surface area contributed by atoms with Crippen molar-refractivity contribution in [3.8, 4) is 0 Å². The van der Waals surface area contributed by atoms with E-state index in [4.69, 9.17) is 0 Å². The third-order valence-corrected chi connectivity index (χ3v) is 5.47. The summed E-state index contributed by atoms with van der Waals surface area (Å²) in [6, 6.07) is 14.8. The molecule has 0 unspecified atom stereocenters. The van der Waals surface area contributed by atoms with Crippen molar-refractivity contribution in [2.45, 2.75) is 34.6 Å². The molecular formula is C26H32N4O3. The van der Waals surface area contributed by atoms with Crippen LogP contribution in [-0.2, 0) is 14.4 Å². The van der Waals surface area contributed by atoms with Crippen LogP contribution in [0.3, 0.4) is 0 Å². The van der Waals surface area contributed by atoms with E-state index in [9.17, 15) is 14.4 Å². The third-order valence-electron chi connectivity index (χ3n) is 5.47. The van der Waals surface area contributed by atoms with Crippen molar-refractivity contribution >= 4 is 40.4 Å². The molecule has 1 aliphatic heterocycles. The second-order valence-electron chi connectivity index (χ2n) is 8.47. The van der Waals surface area contributed by atoms with Crippen LogP contribution in [0.15, 0.2) is 54.2 Å². The van der Waals surface area contributed by atoms with Gasteiger partial charge in [-0.25, -0.2) is 0 Å². The van der Waals surface area contributed by atoms with Crippen molar-refractivity contribution in [1.82, 2.24) is 4.90 Å². The van der Waals surface area contributed by atoms with E-state index in [1.54, 1.807) is 24.3 Å². The Morgan fingerprint density at radius 2 is 1.48 bits per heavy atom. The lowest BCUT2D eigenvalue weighted by atomic mass is 10.0.